The Hall–Kier alpha value is -1.80. The largest absolute Gasteiger partial charge is 0.398 e. The summed E-state index contributed by atoms with van der Waals surface area (Å²) >= 11 is 6.00. The fraction of sp³-hybridized carbons (Fsp3) is 0.278. The van der Waals surface area contributed by atoms with Crippen LogP contribution in [0.1, 0.15) is 46.7 Å². The number of nitrogen functional groups attached to an aromatic ring is 1. The number of nitrogens with two attached hydrogens (primary N) is 1. The summed E-state index contributed by atoms with van der Waals surface area (Å²) in [5.74, 6) is 0.456. The first-order valence-electron chi connectivity index (χ1n) is 7.31. The van der Waals surface area contributed by atoms with Crippen molar-refractivity contribution in [1.29, 1.82) is 0 Å². The van der Waals surface area contributed by atoms with Gasteiger partial charge < -0.3 is 5.73 Å². The maximum atomic E-state index is 12.5. The molecule has 108 valence electrons. The van der Waals surface area contributed by atoms with Crippen molar-refractivity contribution in [3.8, 4) is 0 Å². The third-order valence-electron chi connectivity index (χ3n) is 4.25. The summed E-state index contributed by atoms with van der Waals surface area (Å²) < 4.78 is 0. The second-order valence-corrected chi connectivity index (χ2v) is 6.06. The number of hydrogen-bond acceptors (Lipinski definition) is 2. The summed E-state index contributed by atoms with van der Waals surface area (Å²) in [6.45, 7) is 0. The minimum atomic E-state index is 0.138. The molecule has 0 saturated carbocycles. The van der Waals surface area contributed by atoms with Crippen molar-refractivity contribution in [3.63, 3.8) is 0 Å². The van der Waals surface area contributed by atoms with E-state index in [9.17, 15) is 4.79 Å². The predicted molar refractivity (Wildman–Crippen MR) is 86.9 cm³/mol. The van der Waals surface area contributed by atoms with E-state index in [0.717, 1.165) is 19.3 Å². The molecule has 0 bridgehead atoms. The predicted octanol–water partition coefficient (Wildman–Crippen LogP) is 4.62. The molecule has 0 radical (unpaired) electrons. The average Bonchev–Trinajstić information content (AvgIpc) is 2.50. The zero-order valence-corrected chi connectivity index (χ0v) is 12.6. The minimum absolute atomic E-state index is 0.138. The number of hydrogen-bond donors (Lipinski definition) is 1. The van der Waals surface area contributed by atoms with Crippen molar-refractivity contribution in [1.82, 2.24) is 0 Å². The topological polar surface area (TPSA) is 43.1 Å². The van der Waals surface area contributed by atoms with E-state index in [0.29, 0.717) is 28.6 Å². The van der Waals surface area contributed by atoms with E-state index in [4.69, 9.17) is 17.3 Å². The first-order chi connectivity index (χ1) is 10.1. The summed E-state index contributed by atoms with van der Waals surface area (Å²) in [6, 6.07) is 13.6. The minimum Gasteiger partial charge on any atom is -0.398 e. The average molecular weight is 300 g/mol. The van der Waals surface area contributed by atoms with E-state index in [1.165, 1.54) is 11.1 Å². The number of benzene rings is 2. The fourth-order valence-corrected chi connectivity index (χ4v) is 3.29. The molecule has 0 aliphatic heterocycles. The van der Waals surface area contributed by atoms with Crippen LogP contribution in [0.5, 0.6) is 0 Å². The van der Waals surface area contributed by atoms with E-state index >= 15 is 0 Å². The van der Waals surface area contributed by atoms with Crippen LogP contribution in [0.15, 0.2) is 42.5 Å². The van der Waals surface area contributed by atoms with E-state index in [-0.39, 0.29) is 5.78 Å². The molecular weight excluding hydrogens is 282 g/mol. The lowest BCUT2D eigenvalue weighted by Crippen LogP contribution is -2.14. The van der Waals surface area contributed by atoms with Crippen molar-refractivity contribution in [2.75, 3.05) is 5.73 Å². The van der Waals surface area contributed by atoms with Crippen LogP contribution in [-0.4, -0.2) is 5.78 Å². The Labute approximate surface area is 129 Å². The highest BCUT2D eigenvalue weighted by molar-refractivity contribution is 6.33. The molecule has 2 aromatic carbocycles. The monoisotopic (exact) mass is 299 g/mol. The van der Waals surface area contributed by atoms with Gasteiger partial charge in [-0.2, -0.15) is 0 Å². The highest BCUT2D eigenvalue weighted by atomic mass is 35.5. The van der Waals surface area contributed by atoms with Gasteiger partial charge in [0.25, 0.3) is 0 Å². The van der Waals surface area contributed by atoms with Gasteiger partial charge in [0, 0.05) is 12.0 Å². The Kier molecular flexibility index (Phi) is 3.98. The van der Waals surface area contributed by atoms with Crippen LogP contribution in [0.4, 0.5) is 5.69 Å². The number of rotatable bonds is 3. The molecule has 2 aromatic rings. The Bertz CT molecular complexity index is 681. The van der Waals surface area contributed by atoms with Gasteiger partial charge in [0.05, 0.1) is 10.7 Å². The fourth-order valence-electron chi connectivity index (χ4n) is 3.11. The van der Waals surface area contributed by atoms with Crippen LogP contribution < -0.4 is 5.73 Å². The third-order valence-corrected chi connectivity index (χ3v) is 4.58. The summed E-state index contributed by atoms with van der Waals surface area (Å²) in [5, 5.41) is 0.449. The van der Waals surface area contributed by atoms with Gasteiger partial charge >= 0.3 is 0 Å². The van der Waals surface area contributed by atoms with Crippen molar-refractivity contribution in [3.05, 3.63) is 64.2 Å². The maximum absolute atomic E-state index is 12.5. The zero-order chi connectivity index (χ0) is 14.8. The summed E-state index contributed by atoms with van der Waals surface area (Å²) in [6.07, 6.45) is 3.88. The number of ketones is 1. The van der Waals surface area contributed by atoms with Crippen LogP contribution in [0, 0.1) is 0 Å². The molecule has 0 aromatic heterocycles. The van der Waals surface area contributed by atoms with Gasteiger partial charge in [-0.15, -0.1) is 0 Å². The normalized spacial score (nSPS) is 17.3. The van der Waals surface area contributed by atoms with E-state index in [1.807, 2.05) is 0 Å². The van der Waals surface area contributed by atoms with E-state index in [2.05, 4.69) is 24.3 Å². The quantitative estimate of drug-likeness (QED) is 0.664. The summed E-state index contributed by atoms with van der Waals surface area (Å²) in [4.78, 5) is 12.5. The summed E-state index contributed by atoms with van der Waals surface area (Å²) in [5.41, 5.74) is 9.57. The van der Waals surface area contributed by atoms with Gasteiger partial charge in [0.2, 0.25) is 0 Å². The molecule has 1 aliphatic rings. The Morgan fingerprint density at radius 2 is 2.05 bits per heavy atom. The van der Waals surface area contributed by atoms with Gasteiger partial charge in [-0.1, -0.05) is 35.9 Å². The highest BCUT2D eigenvalue weighted by Gasteiger charge is 2.23. The van der Waals surface area contributed by atoms with E-state index < -0.39 is 0 Å². The second kappa shape index (κ2) is 5.90. The molecule has 1 unspecified atom stereocenters. The number of carbonyl (C=O) groups is 1. The van der Waals surface area contributed by atoms with E-state index in [1.54, 1.807) is 18.2 Å². The smallest absolute Gasteiger partial charge is 0.163 e. The SMILES string of the molecule is Nc1ccc(C(=O)CC2CCCc3ccccc32)cc1Cl. The molecule has 2 N–H and O–H groups in total. The molecule has 0 spiro atoms. The number of aryl methyl sites for hydroxylation is 1. The number of fused-ring (bicyclic) bond motifs is 1. The van der Waals surface area contributed by atoms with Gasteiger partial charge in [-0.3, -0.25) is 4.79 Å². The lowest BCUT2D eigenvalue weighted by molar-refractivity contribution is 0.0971. The van der Waals surface area contributed by atoms with Crippen LogP contribution in [0.25, 0.3) is 0 Å². The molecule has 0 saturated heterocycles. The zero-order valence-electron chi connectivity index (χ0n) is 11.8. The van der Waals surface area contributed by atoms with Crippen molar-refractivity contribution < 1.29 is 4.79 Å². The van der Waals surface area contributed by atoms with Gasteiger partial charge in [-0.25, -0.2) is 0 Å². The molecular formula is C18H18ClNO. The third kappa shape index (κ3) is 2.96. The standard InChI is InChI=1S/C18H18ClNO/c19-16-10-14(8-9-17(16)20)18(21)11-13-6-3-5-12-4-1-2-7-15(12)13/h1-2,4,7-10,13H,3,5-6,11,20H2. The first-order valence-corrected chi connectivity index (χ1v) is 7.69. The molecule has 3 heteroatoms. The Morgan fingerprint density at radius 3 is 2.86 bits per heavy atom. The lowest BCUT2D eigenvalue weighted by atomic mass is 9.79. The molecule has 2 nitrogen and oxygen atoms in total. The van der Waals surface area contributed by atoms with Crippen molar-refractivity contribution >= 4 is 23.1 Å². The molecule has 0 fully saturated rings. The van der Waals surface area contributed by atoms with Crippen molar-refractivity contribution in [2.24, 2.45) is 0 Å². The van der Waals surface area contributed by atoms with Gasteiger partial charge in [0.15, 0.2) is 5.78 Å². The number of halogens is 1. The van der Waals surface area contributed by atoms with Crippen LogP contribution in [0.3, 0.4) is 0 Å². The molecule has 1 aliphatic carbocycles. The van der Waals surface area contributed by atoms with Crippen molar-refractivity contribution in [2.45, 2.75) is 31.6 Å². The second-order valence-electron chi connectivity index (χ2n) is 5.65. The molecule has 21 heavy (non-hydrogen) atoms. The first kappa shape index (κ1) is 14.2. The summed E-state index contributed by atoms with van der Waals surface area (Å²) in [7, 11) is 0. The maximum Gasteiger partial charge on any atom is 0.163 e. The number of Topliss-reactive ketones (excluding diaryl/α,β-unsaturated/α-hetero) is 1. The molecule has 3 rings (SSSR count). The number of anilines is 1. The molecule has 0 heterocycles. The molecule has 0 amide bonds. The molecule has 1 atom stereocenters. The Balaban J connectivity index is 1.81. The lowest BCUT2D eigenvalue weighted by Gasteiger charge is -2.25. The highest BCUT2D eigenvalue weighted by Crippen LogP contribution is 2.35. The van der Waals surface area contributed by atoms with Gasteiger partial charge in [0.1, 0.15) is 0 Å². The number of carbonyl (C=O) groups excluding carboxylic acids is 1. The Morgan fingerprint density at radius 1 is 1.24 bits per heavy atom. The van der Waals surface area contributed by atoms with Crippen LogP contribution in [-0.2, 0) is 6.42 Å². The van der Waals surface area contributed by atoms with Gasteiger partial charge in [-0.05, 0) is 54.5 Å². The van der Waals surface area contributed by atoms with Crippen LogP contribution >= 0.6 is 11.6 Å². The van der Waals surface area contributed by atoms with Crippen LogP contribution in [0.2, 0.25) is 5.02 Å².